The van der Waals surface area contributed by atoms with Crippen molar-refractivity contribution in [3.63, 3.8) is 0 Å². The van der Waals surface area contributed by atoms with Gasteiger partial charge in [-0.15, -0.1) is 13.2 Å². The van der Waals surface area contributed by atoms with Gasteiger partial charge in [0.25, 0.3) is 10.0 Å². The lowest BCUT2D eigenvalue weighted by molar-refractivity contribution is -0.274. The Morgan fingerprint density at radius 1 is 1.00 bits per heavy atom. The van der Waals surface area contributed by atoms with Crippen LogP contribution in [0.2, 0.25) is 0 Å². The van der Waals surface area contributed by atoms with Crippen molar-refractivity contribution in [3.8, 4) is 11.5 Å². The molecule has 0 fully saturated rings. The van der Waals surface area contributed by atoms with Crippen LogP contribution in [0.5, 0.6) is 11.5 Å². The first-order valence-corrected chi connectivity index (χ1v) is 10.9. The number of ether oxygens (including phenoxy) is 1. The van der Waals surface area contributed by atoms with E-state index in [1.54, 1.807) is 0 Å². The van der Waals surface area contributed by atoms with Gasteiger partial charge in [-0.3, -0.25) is 4.31 Å². The highest BCUT2D eigenvalue weighted by molar-refractivity contribution is 7.92. The Bertz CT molecular complexity index is 1390. The molecule has 0 saturated carbocycles. The lowest BCUT2D eigenvalue weighted by Gasteiger charge is -2.25. The average Bonchev–Trinajstić information content (AvgIpc) is 2.92. The van der Waals surface area contributed by atoms with Crippen LogP contribution < -0.4 is 20.1 Å². The SMILES string of the molecule is Nc1ccc2c(c1O)N(S(=O)(=O)c1ccc(OC(F)(F)F)cc1)Cc1ccc(C(F)(F)F)nc1N2. The zero-order valence-electron chi connectivity index (χ0n) is 17.1. The second-order valence-electron chi connectivity index (χ2n) is 7.26. The summed E-state index contributed by atoms with van der Waals surface area (Å²) in [6, 6.07) is 7.39. The number of nitrogens with one attached hydrogen (secondary N) is 1. The molecule has 0 radical (unpaired) electrons. The highest BCUT2D eigenvalue weighted by Crippen LogP contribution is 2.46. The van der Waals surface area contributed by atoms with Crippen LogP contribution in [0.1, 0.15) is 11.3 Å². The molecule has 4 N–H and O–H groups in total. The number of nitrogens with zero attached hydrogens (tertiary/aromatic N) is 2. The molecule has 0 spiro atoms. The first kappa shape index (κ1) is 24.3. The molecule has 4 rings (SSSR count). The molecule has 8 nitrogen and oxygen atoms in total. The molecule has 35 heavy (non-hydrogen) atoms. The van der Waals surface area contributed by atoms with E-state index >= 15 is 0 Å². The van der Waals surface area contributed by atoms with Crippen LogP contribution in [0.3, 0.4) is 0 Å². The third-order valence-electron chi connectivity index (χ3n) is 4.91. The molecule has 0 atom stereocenters. The van der Waals surface area contributed by atoms with Gasteiger partial charge in [-0.2, -0.15) is 13.2 Å². The number of hydrogen-bond donors (Lipinski definition) is 3. The molecule has 1 aliphatic heterocycles. The summed E-state index contributed by atoms with van der Waals surface area (Å²) in [5.74, 6) is -1.66. The van der Waals surface area contributed by atoms with Crippen LogP contribution >= 0.6 is 0 Å². The molecule has 1 aliphatic rings. The fourth-order valence-corrected chi connectivity index (χ4v) is 4.81. The van der Waals surface area contributed by atoms with Crippen LogP contribution in [0.25, 0.3) is 0 Å². The predicted molar refractivity (Wildman–Crippen MR) is 112 cm³/mol. The van der Waals surface area contributed by atoms with Crippen molar-refractivity contribution in [1.82, 2.24) is 4.98 Å². The van der Waals surface area contributed by atoms with Crippen molar-refractivity contribution in [1.29, 1.82) is 0 Å². The number of pyridine rings is 1. The van der Waals surface area contributed by atoms with Gasteiger partial charge in [0.1, 0.15) is 22.9 Å². The number of phenols is 1. The van der Waals surface area contributed by atoms with E-state index in [2.05, 4.69) is 15.0 Å². The fourth-order valence-electron chi connectivity index (χ4n) is 3.34. The number of nitrogen functional groups attached to an aromatic ring is 1. The minimum atomic E-state index is -4.99. The van der Waals surface area contributed by atoms with Gasteiger partial charge in [-0.1, -0.05) is 6.07 Å². The van der Waals surface area contributed by atoms with Crippen LogP contribution in [-0.4, -0.2) is 24.9 Å². The van der Waals surface area contributed by atoms with Crippen LogP contribution in [0.4, 0.5) is 49.2 Å². The first-order chi connectivity index (χ1) is 16.2. The predicted octanol–water partition coefficient (Wildman–Crippen LogP) is 4.74. The van der Waals surface area contributed by atoms with E-state index in [1.807, 2.05) is 0 Å². The molecule has 0 saturated heterocycles. The normalized spacial score (nSPS) is 13.9. The number of benzene rings is 2. The average molecular weight is 520 g/mol. The highest BCUT2D eigenvalue weighted by Gasteiger charge is 2.37. The van der Waals surface area contributed by atoms with Gasteiger partial charge >= 0.3 is 12.5 Å². The van der Waals surface area contributed by atoms with Crippen molar-refractivity contribution in [2.45, 2.75) is 24.0 Å². The van der Waals surface area contributed by atoms with Crippen LogP contribution in [0.15, 0.2) is 53.4 Å². The molecule has 2 aromatic carbocycles. The van der Waals surface area contributed by atoms with Crippen molar-refractivity contribution < 1.29 is 44.6 Å². The Morgan fingerprint density at radius 3 is 2.26 bits per heavy atom. The van der Waals surface area contributed by atoms with Crippen molar-refractivity contribution >= 4 is 32.9 Å². The largest absolute Gasteiger partial charge is 0.573 e. The molecule has 3 aromatic rings. The topological polar surface area (TPSA) is 118 Å². The van der Waals surface area contributed by atoms with E-state index < -0.39 is 51.2 Å². The number of fused-ring (bicyclic) bond motifs is 2. The van der Waals surface area contributed by atoms with Crippen LogP contribution in [-0.2, 0) is 22.7 Å². The minimum absolute atomic E-state index is 0.0211. The van der Waals surface area contributed by atoms with Crippen LogP contribution in [0, 0.1) is 0 Å². The van der Waals surface area contributed by atoms with E-state index in [9.17, 15) is 39.9 Å². The summed E-state index contributed by atoms with van der Waals surface area (Å²) in [7, 11) is -4.59. The van der Waals surface area contributed by atoms with E-state index in [0.717, 1.165) is 30.3 Å². The maximum Gasteiger partial charge on any atom is 0.573 e. The zero-order valence-corrected chi connectivity index (χ0v) is 18.0. The zero-order chi connectivity index (χ0) is 25.8. The maximum absolute atomic E-state index is 13.5. The lowest BCUT2D eigenvalue weighted by atomic mass is 10.2. The van der Waals surface area contributed by atoms with Gasteiger partial charge in [-0.05, 0) is 42.5 Å². The number of nitrogens with two attached hydrogens (primary N) is 1. The van der Waals surface area contributed by atoms with E-state index in [1.165, 1.54) is 12.1 Å². The molecular weight excluding hydrogens is 506 g/mol. The number of aromatic hydroxyl groups is 1. The Labute approximate surface area is 193 Å². The van der Waals surface area contributed by atoms with Gasteiger partial charge in [0, 0.05) is 5.56 Å². The molecule has 186 valence electrons. The second-order valence-corrected chi connectivity index (χ2v) is 9.12. The quantitative estimate of drug-likeness (QED) is 0.259. The number of anilines is 4. The summed E-state index contributed by atoms with van der Waals surface area (Å²) in [4.78, 5) is 3.05. The molecule has 0 aliphatic carbocycles. The van der Waals surface area contributed by atoms with Crippen molar-refractivity contribution in [3.05, 3.63) is 59.8 Å². The summed E-state index contributed by atoms with van der Waals surface area (Å²) in [5, 5.41) is 13.2. The summed E-state index contributed by atoms with van der Waals surface area (Å²) in [6.07, 6.45) is -9.77. The summed E-state index contributed by atoms with van der Waals surface area (Å²) in [6.45, 7) is -0.583. The number of sulfonamides is 1. The number of aromatic nitrogens is 1. The molecule has 1 aromatic heterocycles. The number of phenolic OH excluding ortho intramolecular Hbond substituents is 1. The minimum Gasteiger partial charge on any atom is -0.504 e. The Balaban J connectivity index is 1.84. The summed E-state index contributed by atoms with van der Waals surface area (Å²) in [5.41, 5.74) is 3.77. The number of rotatable bonds is 3. The molecule has 0 amide bonds. The number of alkyl halides is 6. The number of hydrogen-bond acceptors (Lipinski definition) is 7. The fraction of sp³-hybridized carbons (Fsp3) is 0.150. The summed E-state index contributed by atoms with van der Waals surface area (Å²) >= 11 is 0. The number of halogens is 6. The lowest BCUT2D eigenvalue weighted by Crippen LogP contribution is -2.30. The Morgan fingerprint density at radius 2 is 1.66 bits per heavy atom. The highest BCUT2D eigenvalue weighted by atomic mass is 32.2. The Kier molecular flexibility index (Phi) is 5.62. The molecule has 15 heteroatoms. The molecular formula is C20H14F6N4O4S. The maximum atomic E-state index is 13.5. The van der Waals surface area contributed by atoms with E-state index in [0.29, 0.717) is 10.4 Å². The van der Waals surface area contributed by atoms with Gasteiger partial charge in [0.15, 0.2) is 5.75 Å². The van der Waals surface area contributed by atoms with E-state index in [-0.39, 0.29) is 28.4 Å². The van der Waals surface area contributed by atoms with Gasteiger partial charge in [0.2, 0.25) is 0 Å². The van der Waals surface area contributed by atoms with E-state index in [4.69, 9.17) is 5.73 Å². The second kappa shape index (κ2) is 8.11. The molecule has 0 unspecified atom stereocenters. The smallest absolute Gasteiger partial charge is 0.504 e. The van der Waals surface area contributed by atoms with Gasteiger partial charge < -0.3 is 20.9 Å². The van der Waals surface area contributed by atoms with Crippen molar-refractivity contribution in [2.75, 3.05) is 15.4 Å². The van der Waals surface area contributed by atoms with Gasteiger partial charge in [-0.25, -0.2) is 13.4 Å². The molecule has 2 heterocycles. The third-order valence-corrected chi connectivity index (χ3v) is 6.67. The monoisotopic (exact) mass is 520 g/mol. The van der Waals surface area contributed by atoms with Gasteiger partial charge in [0.05, 0.1) is 22.8 Å². The third kappa shape index (κ3) is 4.71. The molecule has 0 bridgehead atoms. The summed E-state index contributed by atoms with van der Waals surface area (Å²) < 4.78 is 108. The standard InChI is InChI=1S/C20H14F6N4O4S/c21-19(22,23)15-8-1-10-9-30(16-14(28-18(10)29-15)7-6-13(27)17(16)31)35(32,33)12-4-2-11(3-5-12)34-20(24,25)26/h1-8,31H,9,27H2,(H,28,29). The Hall–Kier alpha value is -3.88. The first-order valence-electron chi connectivity index (χ1n) is 9.51. The van der Waals surface area contributed by atoms with Crippen molar-refractivity contribution in [2.24, 2.45) is 0 Å².